The number of nitrogens with zero attached hydrogens (tertiary/aromatic N) is 2. The fourth-order valence-corrected chi connectivity index (χ4v) is 3.56. The predicted molar refractivity (Wildman–Crippen MR) is 109 cm³/mol. The maximum Gasteiger partial charge on any atom is 0.234 e. The Kier molecular flexibility index (Phi) is 5.69. The van der Waals surface area contributed by atoms with Gasteiger partial charge in [-0.3, -0.25) is 4.79 Å². The minimum atomic E-state index is -0.0435. The first-order valence-electron chi connectivity index (χ1n) is 8.21. The van der Waals surface area contributed by atoms with Crippen LogP contribution in [-0.2, 0) is 11.8 Å². The summed E-state index contributed by atoms with van der Waals surface area (Å²) in [6, 6.07) is 13.6. The fourth-order valence-electron chi connectivity index (χ4n) is 2.69. The summed E-state index contributed by atoms with van der Waals surface area (Å²) in [4.78, 5) is 16.7. The zero-order chi connectivity index (χ0) is 18.7. The van der Waals surface area contributed by atoms with Crippen LogP contribution >= 0.6 is 23.4 Å². The Morgan fingerprint density at radius 1 is 1.19 bits per heavy atom. The highest BCUT2D eigenvalue weighted by Gasteiger charge is 2.12. The quantitative estimate of drug-likeness (QED) is 0.622. The lowest BCUT2D eigenvalue weighted by molar-refractivity contribution is -0.113. The van der Waals surface area contributed by atoms with Crippen LogP contribution < -0.4 is 5.32 Å². The molecule has 1 N–H and O–H groups in total. The van der Waals surface area contributed by atoms with Gasteiger partial charge in [0.2, 0.25) is 5.91 Å². The van der Waals surface area contributed by atoms with Crippen LogP contribution in [0.15, 0.2) is 53.8 Å². The first kappa shape index (κ1) is 18.5. The number of carbonyl (C=O) groups is 1. The van der Waals surface area contributed by atoms with E-state index in [4.69, 9.17) is 11.6 Å². The molecule has 4 nitrogen and oxygen atoms in total. The van der Waals surface area contributed by atoms with Crippen LogP contribution in [0.5, 0.6) is 0 Å². The summed E-state index contributed by atoms with van der Waals surface area (Å²) in [7, 11) is 1.95. The Morgan fingerprint density at radius 2 is 1.92 bits per heavy atom. The first-order valence-corrected chi connectivity index (χ1v) is 9.58. The number of rotatable bonds is 5. The highest BCUT2D eigenvalue weighted by atomic mass is 35.5. The third kappa shape index (κ3) is 4.29. The molecule has 0 aliphatic heterocycles. The Hall–Kier alpha value is -2.24. The molecule has 3 aromatic rings. The zero-order valence-electron chi connectivity index (χ0n) is 14.9. The Labute approximate surface area is 162 Å². The molecule has 3 rings (SSSR count). The molecule has 0 bridgehead atoms. The molecule has 134 valence electrons. The van der Waals surface area contributed by atoms with Crippen molar-refractivity contribution in [2.45, 2.75) is 19.0 Å². The van der Waals surface area contributed by atoms with Gasteiger partial charge in [-0.1, -0.05) is 53.2 Å². The predicted octanol–water partition coefficient (Wildman–Crippen LogP) is 5.09. The number of carbonyl (C=O) groups excluding carboxylic acids is 1. The molecule has 0 unspecified atom stereocenters. The summed E-state index contributed by atoms with van der Waals surface area (Å²) in [6.07, 6.45) is 1.81. The Bertz CT molecular complexity index is 935. The number of aryl methyl sites for hydroxylation is 2. The van der Waals surface area contributed by atoms with Crippen molar-refractivity contribution in [1.82, 2.24) is 9.55 Å². The topological polar surface area (TPSA) is 46.9 Å². The van der Waals surface area contributed by atoms with Crippen molar-refractivity contribution in [2.75, 3.05) is 11.1 Å². The summed E-state index contributed by atoms with van der Waals surface area (Å²) in [5.74, 6) is 0.260. The van der Waals surface area contributed by atoms with E-state index in [0.29, 0.717) is 10.8 Å². The lowest BCUT2D eigenvalue weighted by Gasteiger charge is -2.09. The molecule has 6 heteroatoms. The van der Waals surface area contributed by atoms with Crippen LogP contribution in [0.25, 0.3) is 11.3 Å². The van der Waals surface area contributed by atoms with Gasteiger partial charge >= 0.3 is 0 Å². The van der Waals surface area contributed by atoms with Gasteiger partial charge in [-0.25, -0.2) is 4.98 Å². The fraction of sp³-hybridized carbons (Fsp3) is 0.200. The van der Waals surface area contributed by atoms with E-state index in [9.17, 15) is 4.79 Å². The SMILES string of the molecule is Cc1ccc(NC(=O)CSc2ncc(-c3ccc(Cl)cc3)n2C)c(C)c1. The molecule has 1 heterocycles. The zero-order valence-corrected chi connectivity index (χ0v) is 16.5. The molecule has 0 saturated carbocycles. The molecule has 0 atom stereocenters. The minimum absolute atomic E-state index is 0.0435. The van der Waals surface area contributed by atoms with Crippen LogP contribution in [0.4, 0.5) is 5.69 Å². The molecule has 26 heavy (non-hydrogen) atoms. The second-order valence-electron chi connectivity index (χ2n) is 6.15. The molecule has 0 saturated heterocycles. The van der Waals surface area contributed by atoms with Gasteiger partial charge in [0, 0.05) is 17.8 Å². The first-order chi connectivity index (χ1) is 12.4. The Morgan fingerprint density at radius 3 is 2.62 bits per heavy atom. The van der Waals surface area contributed by atoms with Crippen molar-refractivity contribution in [3.63, 3.8) is 0 Å². The molecule has 1 aromatic heterocycles. The average molecular weight is 386 g/mol. The number of imidazole rings is 1. The standard InChI is InChI=1S/C20H20ClN3OS/c1-13-4-9-17(14(2)10-13)23-19(25)12-26-20-22-11-18(24(20)3)15-5-7-16(21)8-6-15/h4-11H,12H2,1-3H3,(H,23,25). The second-order valence-corrected chi connectivity index (χ2v) is 7.53. The summed E-state index contributed by atoms with van der Waals surface area (Å²) < 4.78 is 1.98. The second kappa shape index (κ2) is 7.98. The van der Waals surface area contributed by atoms with E-state index in [-0.39, 0.29) is 5.91 Å². The molecular weight excluding hydrogens is 366 g/mol. The van der Waals surface area contributed by atoms with Gasteiger partial charge in [0.25, 0.3) is 0 Å². The lowest BCUT2D eigenvalue weighted by Crippen LogP contribution is -2.15. The number of hydrogen-bond acceptors (Lipinski definition) is 3. The van der Waals surface area contributed by atoms with E-state index in [1.54, 1.807) is 0 Å². The summed E-state index contributed by atoms with van der Waals surface area (Å²) in [5, 5.41) is 4.46. The largest absolute Gasteiger partial charge is 0.325 e. The molecular formula is C20H20ClN3OS. The van der Waals surface area contributed by atoms with Crippen LogP contribution in [0, 0.1) is 13.8 Å². The van der Waals surface area contributed by atoms with E-state index >= 15 is 0 Å². The van der Waals surface area contributed by atoms with Crippen LogP contribution in [0.3, 0.4) is 0 Å². The third-order valence-electron chi connectivity index (χ3n) is 4.07. The van der Waals surface area contributed by atoms with Crippen molar-refractivity contribution >= 4 is 35.0 Å². The molecule has 2 aromatic carbocycles. The van der Waals surface area contributed by atoms with Crippen LogP contribution in [0.1, 0.15) is 11.1 Å². The number of aromatic nitrogens is 2. The maximum atomic E-state index is 12.3. The molecule has 0 radical (unpaired) electrons. The highest BCUT2D eigenvalue weighted by Crippen LogP contribution is 2.26. The summed E-state index contributed by atoms with van der Waals surface area (Å²) >= 11 is 7.36. The number of halogens is 1. The van der Waals surface area contributed by atoms with Gasteiger partial charge in [0.15, 0.2) is 5.16 Å². The van der Waals surface area contributed by atoms with Crippen molar-refractivity contribution in [1.29, 1.82) is 0 Å². The van der Waals surface area contributed by atoms with E-state index in [0.717, 1.165) is 27.7 Å². The Balaban J connectivity index is 1.64. The van der Waals surface area contributed by atoms with Gasteiger partial charge in [-0.15, -0.1) is 0 Å². The van der Waals surface area contributed by atoms with Crippen molar-refractivity contribution in [3.8, 4) is 11.3 Å². The summed E-state index contributed by atoms with van der Waals surface area (Å²) in [5.41, 5.74) is 5.11. The van der Waals surface area contributed by atoms with E-state index in [1.165, 1.54) is 17.3 Å². The molecule has 0 aliphatic rings. The lowest BCUT2D eigenvalue weighted by atomic mass is 10.1. The number of anilines is 1. The van der Waals surface area contributed by atoms with Crippen LogP contribution in [-0.4, -0.2) is 21.2 Å². The van der Waals surface area contributed by atoms with Crippen molar-refractivity contribution in [2.24, 2.45) is 7.05 Å². The van der Waals surface area contributed by atoms with E-state index in [2.05, 4.69) is 16.4 Å². The molecule has 0 aliphatic carbocycles. The number of hydrogen-bond donors (Lipinski definition) is 1. The molecule has 0 spiro atoms. The van der Waals surface area contributed by atoms with Gasteiger partial charge in [-0.2, -0.15) is 0 Å². The normalized spacial score (nSPS) is 10.8. The number of nitrogens with one attached hydrogen (secondary N) is 1. The maximum absolute atomic E-state index is 12.3. The number of amides is 1. The average Bonchev–Trinajstić information content (AvgIpc) is 2.97. The summed E-state index contributed by atoms with van der Waals surface area (Å²) in [6.45, 7) is 4.03. The van der Waals surface area contributed by atoms with Gasteiger partial charge in [0.05, 0.1) is 17.6 Å². The number of benzene rings is 2. The smallest absolute Gasteiger partial charge is 0.234 e. The van der Waals surface area contributed by atoms with Gasteiger partial charge in [0.1, 0.15) is 0 Å². The van der Waals surface area contributed by atoms with Gasteiger partial charge in [-0.05, 0) is 43.2 Å². The molecule has 1 amide bonds. The van der Waals surface area contributed by atoms with Gasteiger partial charge < -0.3 is 9.88 Å². The van der Waals surface area contributed by atoms with E-state index < -0.39 is 0 Å². The van der Waals surface area contributed by atoms with Crippen LogP contribution in [0.2, 0.25) is 5.02 Å². The van der Waals surface area contributed by atoms with Crippen molar-refractivity contribution in [3.05, 3.63) is 64.8 Å². The highest BCUT2D eigenvalue weighted by molar-refractivity contribution is 7.99. The minimum Gasteiger partial charge on any atom is -0.325 e. The van der Waals surface area contributed by atoms with E-state index in [1.807, 2.05) is 68.1 Å². The molecule has 0 fully saturated rings. The number of thioether (sulfide) groups is 1. The monoisotopic (exact) mass is 385 g/mol. The van der Waals surface area contributed by atoms with Crippen molar-refractivity contribution < 1.29 is 4.79 Å². The third-order valence-corrected chi connectivity index (χ3v) is 5.37.